The first-order valence-electron chi connectivity index (χ1n) is 19.8. The molecule has 1 saturated carbocycles. The second kappa shape index (κ2) is 13.8. The standard InChI is InChI=1S/C42H62FN3O7Si/c1-14-16-18-50-34-26-23-46(39(3,4)5)22-25(26)31(43)24-20-41(9)21-27-32(45(10)11)35-29(38(44-52-35)51-19-17-15-2)36(48)42(27,53-54(12,13)40(6,7)8)37(49)30(41)33(47)28(24)34/h27,32,47H,14-23H2,1-13H3/t27-,32-,41-,42+/m0/s1. The van der Waals surface area contributed by atoms with Gasteiger partial charge in [-0.15, -0.1) is 0 Å². The first kappa shape index (κ1) is 40.6. The van der Waals surface area contributed by atoms with Gasteiger partial charge in [0.25, 0.3) is 5.88 Å². The Labute approximate surface area is 321 Å². The maximum Gasteiger partial charge on any atom is 0.265 e. The van der Waals surface area contributed by atoms with Crippen molar-refractivity contribution in [2.45, 2.75) is 149 Å². The van der Waals surface area contributed by atoms with Crippen LogP contribution >= 0.6 is 0 Å². The average Bonchev–Trinajstić information content (AvgIpc) is 3.69. The van der Waals surface area contributed by atoms with E-state index < -0.39 is 42.9 Å². The van der Waals surface area contributed by atoms with E-state index in [1.165, 1.54) is 0 Å². The van der Waals surface area contributed by atoms with Gasteiger partial charge in [-0.1, -0.05) is 54.4 Å². The second-order valence-electron chi connectivity index (χ2n) is 19.0. The number of nitrogens with zero attached hydrogens (tertiary/aromatic N) is 3. The van der Waals surface area contributed by atoms with Crippen molar-refractivity contribution in [3.63, 3.8) is 0 Å². The number of unbranched alkanes of at least 4 members (excludes halogenated alkanes) is 2. The molecule has 2 heterocycles. The zero-order valence-corrected chi connectivity index (χ0v) is 35.8. The van der Waals surface area contributed by atoms with Gasteiger partial charge in [0, 0.05) is 52.2 Å². The lowest BCUT2D eigenvalue weighted by Gasteiger charge is -2.57. The molecule has 0 bridgehead atoms. The summed E-state index contributed by atoms with van der Waals surface area (Å²) in [5.41, 5.74) is -1.27. The summed E-state index contributed by atoms with van der Waals surface area (Å²) in [6.45, 7) is 24.2. The molecule has 0 spiro atoms. The average molecular weight is 768 g/mol. The zero-order valence-electron chi connectivity index (χ0n) is 34.8. The number of benzene rings is 1. The Morgan fingerprint density at radius 1 is 0.963 bits per heavy atom. The summed E-state index contributed by atoms with van der Waals surface area (Å²) in [4.78, 5) is 35.5. The number of hydrogen-bond donors (Lipinski definition) is 1. The number of aliphatic hydroxyl groups is 1. The number of ether oxygens (including phenoxy) is 2. The van der Waals surface area contributed by atoms with Crippen molar-refractivity contribution >= 4 is 25.6 Å². The third-order valence-corrected chi connectivity index (χ3v) is 17.4. The zero-order chi connectivity index (χ0) is 39.9. The normalized spacial score (nSPS) is 25.8. The largest absolute Gasteiger partial charge is 0.507 e. The monoisotopic (exact) mass is 767 g/mol. The van der Waals surface area contributed by atoms with Crippen molar-refractivity contribution in [2.24, 2.45) is 11.3 Å². The number of halogens is 1. The predicted octanol–water partition coefficient (Wildman–Crippen LogP) is 8.97. The van der Waals surface area contributed by atoms with Gasteiger partial charge in [0.1, 0.15) is 22.9 Å². The highest BCUT2D eigenvalue weighted by molar-refractivity contribution is 6.74. The van der Waals surface area contributed by atoms with E-state index in [-0.39, 0.29) is 57.6 Å². The van der Waals surface area contributed by atoms with Gasteiger partial charge in [0.2, 0.25) is 11.6 Å². The molecule has 6 rings (SSSR count). The molecule has 4 atom stereocenters. The molecule has 1 aliphatic heterocycles. The first-order valence-corrected chi connectivity index (χ1v) is 22.7. The van der Waals surface area contributed by atoms with Crippen molar-refractivity contribution < 1.29 is 37.5 Å². The molecule has 1 aromatic heterocycles. The summed E-state index contributed by atoms with van der Waals surface area (Å²) >= 11 is 0. The molecule has 0 unspecified atom stereocenters. The molecule has 2 aromatic rings. The molecular formula is C42H62FN3O7Si. The molecule has 0 radical (unpaired) electrons. The Kier molecular flexibility index (Phi) is 10.4. The van der Waals surface area contributed by atoms with Gasteiger partial charge in [-0.25, -0.2) is 4.39 Å². The van der Waals surface area contributed by atoms with Crippen LogP contribution in [0.15, 0.2) is 10.1 Å². The van der Waals surface area contributed by atoms with E-state index in [1.54, 1.807) is 0 Å². The number of carbonyl (C=O) groups is 2. The summed E-state index contributed by atoms with van der Waals surface area (Å²) in [6.07, 6.45) is 3.67. The van der Waals surface area contributed by atoms with Gasteiger partial charge in [-0.3, -0.25) is 19.4 Å². The van der Waals surface area contributed by atoms with Crippen LogP contribution in [-0.2, 0) is 28.7 Å². The van der Waals surface area contributed by atoms with E-state index in [1.807, 2.05) is 45.9 Å². The molecule has 54 heavy (non-hydrogen) atoms. The van der Waals surface area contributed by atoms with Crippen molar-refractivity contribution in [3.8, 4) is 11.6 Å². The van der Waals surface area contributed by atoms with Crippen LogP contribution in [0.5, 0.6) is 11.6 Å². The van der Waals surface area contributed by atoms with Crippen LogP contribution in [0.2, 0.25) is 18.1 Å². The van der Waals surface area contributed by atoms with E-state index in [4.69, 9.17) is 18.4 Å². The number of Topliss-reactive ketones (excluding diaryl/α,β-unsaturated/α-hetero) is 2. The van der Waals surface area contributed by atoms with Gasteiger partial charge >= 0.3 is 0 Å². The molecular weight excluding hydrogens is 706 g/mol. The number of rotatable bonds is 11. The van der Waals surface area contributed by atoms with Crippen LogP contribution in [0.1, 0.15) is 139 Å². The lowest BCUT2D eigenvalue weighted by molar-refractivity contribution is -0.143. The topological polar surface area (TPSA) is 115 Å². The van der Waals surface area contributed by atoms with E-state index in [0.29, 0.717) is 54.5 Å². The van der Waals surface area contributed by atoms with Crippen molar-refractivity contribution in [2.75, 3.05) is 27.3 Å². The summed E-state index contributed by atoms with van der Waals surface area (Å²) in [5, 5.41) is 16.5. The number of fused-ring (bicyclic) bond motifs is 5. The van der Waals surface area contributed by atoms with Gasteiger partial charge in [0.15, 0.2) is 19.7 Å². The highest BCUT2D eigenvalue weighted by Crippen LogP contribution is 2.63. The minimum atomic E-state index is -2.91. The Morgan fingerprint density at radius 3 is 2.15 bits per heavy atom. The molecule has 1 fully saturated rings. The summed E-state index contributed by atoms with van der Waals surface area (Å²) in [5.74, 6) is -1.78. The second-order valence-corrected chi connectivity index (χ2v) is 23.8. The first-order chi connectivity index (χ1) is 25.1. The van der Waals surface area contributed by atoms with Crippen molar-refractivity contribution in [1.29, 1.82) is 0 Å². The SMILES string of the molecule is CCCCOc1noc2c1C(=O)[C@@]1(O[Si](C)(C)C(C)(C)C)C(=O)C3=C(O)c4c(c(F)c5c(c4OCCCC)CN(C(C)(C)C)C5)C[C@@]3(C)C[C@H]1[C@@H]2N(C)C. The molecule has 0 amide bonds. The summed E-state index contributed by atoms with van der Waals surface area (Å²) < 4.78 is 42.9. The molecule has 298 valence electrons. The van der Waals surface area contributed by atoms with E-state index in [0.717, 1.165) is 25.7 Å². The molecule has 0 saturated heterocycles. The van der Waals surface area contributed by atoms with E-state index in [2.05, 4.69) is 58.5 Å². The fraction of sp³-hybridized carbons (Fsp3) is 0.690. The van der Waals surface area contributed by atoms with Crippen LogP contribution in [-0.4, -0.2) is 78.4 Å². The van der Waals surface area contributed by atoms with Crippen LogP contribution in [0, 0.1) is 17.2 Å². The van der Waals surface area contributed by atoms with Crippen molar-refractivity contribution in [3.05, 3.63) is 45.0 Å². The molecule has 3 aliphatic carbocycles. The number of ketones is 2. The molecule has 1 aromatic carbocycles. The van der Waals surface area contributed by atoms with Crippen molar-refractivity contribution in [1.82, 2.24) is 15.0 Å². The highest BCUT2D eigenvalue weighted by atomic mass is 28.4. The van der Waals surface area contributed by atoms with Crippen LogP contribution in [0.3, 0.4) is 0 Å². The predicted molar refractivity (Wildman–Crippen MR) is 209 cm³/mol. The Balaban J connectivity index is 1.63. The minimum Gasteiger partial charge on any atom is -0.507 e. The third-order valence-electron chi connectivity index (χ3n) is 12.9. The maximum atomic E-state index is 17.1. The third kappa shape index (κ3) is 6.18. The maximum absolute atomic E-state index is 17.1. The molecule has 12 heteroatoms. The lowest BCUT2D eigenvalue weighted by atomic mass is 9.52. The van der Waals surface area contributed by atoms with E-state index in [9.17, 15) is 5.11 Å². The quantitative estimate of drug-likeness (QED) is 0.135. The van der Waals surface area contributed by atoms with Gasteiger partial charge < -0.3 is 23.5 Å². The minimum absolute atomic E-state index is 0.0490. The fourth-order valence-electron chi connectivity index (χ4n) is 8.82. The van der Waals surface area contributed by atoms with Crippen LogP contribution in [0.25, 0.3) is 5.76 Å². The summed E-state index contributed by atoms with van der Waals surface area (Å²) in [6, 6.07) is -0.609. The Hall–Kier alpha value is -3.06. The van der Waals surface area contributed by atoms with Gasteiger partial charge in [0.05, 0.1) is 24.8 Å². The molecule has 10 nitrogen and oxygen atoms in total. The molecule has 4 aliphatic rings. The summed E-state index contributed by atoms with van der Waals surface area (Å²) in [7, 11) is 0.863. The Morgan fingerprint density at radius 2 is 1.57 bits per heavy atom. The Bertz CT molecular complexity index is 1870. The molecule has 1 N–H and O–H groups in total. The highest BCUT2D eigenvalue weighted by Gasteiger charge is 2.71. The number of aromatic nitrogens is 1. The van der Waals surface area contributed by atoms with Gasteiger partial charge in [-0.05, 0) is 83.8 Å². The van der Waals surface area contributed by atoms with Gasteiger partial charge in [-0.2, -0.15) is 0 Å². The van der Waals surface area contributed by atoms with Crippen LogP contribution < -0.4 is 9.47 Å². The van der Waals surface area contributed by atoms with Crippen LogP contribution in [0.4, 0.5) is 4.39 Å². The number of carbonyl (C=O) groups excluding carboxylic acids is 2. The number of aliphatic hydroxyl groups excluding tert-OH is 1. The fourth-order valence-corrected chi connectivity index (χ4v) is 10.3. The smallest absolute Gasteiger partial charge is 0.265 e. The number of hydrogen-bond acceptors (Lipinski definition) is 10. The van der Waals surface area contributed by atoms with E-state index >= 15 is 14.0 Å². The lowest BCUT2D eigenvalue weighted by Crippen LogP contribution is -2.69.